The summed E-state index contributed by atoms with van der Waals surface area (Å²) in [5.74, 6) is 0.325. The van der Waals surface area contributed by atoms with E-state index in [1.807, 2.05) is 12.1 Å². The number of likely N-dealkylation sites (N-methyl/N-ethyl adjacent to an activating group) is 1. The van der Waals surface area contributed by atoms with Gasteiger partial charge in [0, 0.05) is 18.6 Å². The van der Waals surface area contributed by atoms with E-state index < -0.39 is 0 Å². The average molecular weight is 234 g/mol. The quantitative estimate of drug-likeness (QED) is 0.838. The Bertz CT molecular complexity index is 355. The molecule has 0 saturated heterocycles. The lowest BCUT2D eigenvalue weighted by molar-refractivity contribution is 0.124. The summed E-state index contributed by atoms with van der Waals surface area (Å²) in [6.45, 7) is 1.64. The van der Waals surface area contributed by atoms with Crippen LogP contribution in [0.25, 0.3) is 0 Å². The monoisotopic (exact) mass is 234 g/mol. The third-order valence-electron chi connectivity index (χ3n) is 4.08. The molecule has 3 heteroatoms. The number of nitrogens with zero attached hydrogens (tertiary/aromatic N) is 1. The van der Waals surface area contributed by atoms with Crippen molar-refractivity contribution in [3.63, 3.8) is 0 Å². The van der Waals surface area contributed by atoms with E-state index in [0.29, 0.717) is 5.75 Å². The van der Waals surface area contributed by atoms with Gasteiger partial charge < -0.3 is 10.8 Å². The summed E-state index contributed by atoms with van der Waals surface area (Å²) in [5, 5.41) is 9.27. The van der Waals surface area contributed by atoms with Gasteiger partial charge in [0.2, 0.25) is 0 Å². The summed E-state index contributed by atoms with van der Waals surface area (Å²) in [4.78, 5) is 2.38. The molecule has 1 aromatic carbocycles. The van der Waals surface area contributed by atoms with E-state index in [0.717, 1.165) is 13.1 Å². The lowest BCUT2D eigenvalue weighted by atomic mass is 9.95. The van der Waals surface area contributed by atoms with Crippen LogP contribution >= 0.6 is 0 Å². The second kappa shape index (κ2) is 5.07. The van der Waals surface area contributed by atoms with Crippen molar-refractivity contribution >= 4 is 0 Å². The minimum Gasteiger partial charge on any atom is -0.508 e. The standard InChI is InChI=1S/C14H22N2O/c1-16(14(11-15)8-2-3-9-14)10-12-4-6-13(17)7-5-12/h4-7,17H,2-3,8-11,15H2,1H3. The molecule has 3 N–H and O–H groups in total. The minimum absolute atomic E-state index is 0.192. The van der Waals surface area contributed by atoms with Crippen LogP contribution in [0.1, 0.15) is 31.2 Å². The molecule has 1 aliphatic rings. The zero-order valence-electron chi connectivity index (χ0n) is 10.5. The maximum Gasteiger partial charge on any atom is 0.115 e. The minimum atomic E-state index is 0.192. The van der Waals surface area contributed by atoms with Crippen molar-refractivity contribution in [1.29, 1.82) is 0 Å². The van der Waals surface area contributed by atoms with Crippen molar-refractivity contribution in [2.75, 3.05) is 13.6 Å². The molecule has 1 aromatic rings. The van der Waals surface area contributed by atoms with Crippen molar-refractivity contribution < 1.29 is 5.11 Å². The summed E-state index contributed by atoms with van der Waals surface area (Å²) in [6.07, 6.45) is 4.99. The molecule has 3 nitrogen and oxygen atoms in total. The summed E-state index contributed by atoms with van der Waals surface area (Å²) in [5.41, 5.74) is 7.39. The van der Waals surface area contributed by atoms with Gasteiger partial charge in [-0.1, -0.05) is 25.0 Å². The van der Waals surface area contributed by atoms with Gasteiger partial charge in [-0.05, 0) is 37.6 Å². The Balaban J connectivity index is 2.05. The molecule has 94 valence electrons. The fourth-order valence-electron chi connectivity index (χ4n) is 2.82. The molecule has 1 fully saturated rings. The van der Waals surface area contributed by atoms with E-state index in [-0.39, 0.29) is 5.54 Å². The molecule has 17 heavy (non-hydrogen) atoms. The Morgan fingerprint density at radius 3 is 2.35 bits per heavy atom. The molecule has 0 atom stereocenters. The lowest BCUT2D eigenvalue weighted by Crippen LogP contribution is -2.49. The maximum absolute atomic E-state index is 9.27. The summed E-state index contributed by atoms with van der Waals surface area (Å²) < 4.78 is 0. The first kappa shape index (κ1) is 12.4. The van der Waals surface area contributed by atoms with E-state index in [4.69, 9.17) is 5.73 Å². The molecule has 0 spiro atoms. The smallest absolute Gasteiger partial charge is 0.115 e. The molecule has 0 amide bonds. The number of nitrogens with two attached hydrogens (primary N) is 1. The number of phenolic OH excluding ortho intramolecular Hbond substituents is 1. The second-order valence-electron chi connectivity index (χ2n) is 5.16. The van der Waals surface area contributed by atoms with Gasteiger partial charge in [-0.15, -0.1) is 0 Å². The van der Waals surface area contributed by atoms with Gasteiger partial charge in [0.1, 0.15) is 5.75 Å². The first-order chi connectivity index (χ1) is 8.16. The molecule has 0 heterocycles. The Morgan fingerprint density at radius 1 is 1.24 bits per heavy atom. The van der Waals surface area contributed by atoms with Gasteiger partial charge in [-0.3, -0.25) is 4.90 Å². The molecular formula is C14H22N2O. The molecule has 0 bridgehead atoms. The highest BCUT2D eigenvalue weighted by molar-refractivity contribution is 5.26. The first-order valence-electron chi connectivity index (χ1n) is 6.35. The van der Waals surface area contributed by atoms with Gasteiger partial charge in [-0.2, -0.15) is 0 Å². The number of phenols is 1. The summed E-state index contributed by atoms with van der Waals surface area (Å²) in [6, 6.07) is 7.44. The fraction of sp³-hybridized carbons (Fsp3) is 0.571. The molecule has 0 radical (unpaired) electrons. The molecule has 0 aromatic heterocycles. The lowest BCUT2D eigenvalue weighted by Gasteiger charge is -2.38. The van der Waals surface area contributed by atoms with Crippen LogP contribution in [0.15, 0.2) is 24.3 Å². The van der Waals surface area contributed by atoms with Crippen LogP contribution in [0.4, 0.5) is 0 Å². The topological polar surface area (TPSA) is 49.5 Å². The van der Waals surface area contributed by atoms with Crippen molar-refractivity contribution in [2.24, 2.45) is 5.73 Å². The highest BCUT2D eigenvalue weighted by Crippen LogP contribution is 2.34. The van der Waals surface area contributed by atoms with Crippen LogP contribution in [0.3, 0.4) is 0 Å². The van der Waals surface area contributed by atoms with Gasteiger partial charge >= 0.3 is 0 Å². The highest BCUT2D eigenvalue weighted by Gasteiger charge is 2.36. The third kappa shape index (κ3) is 2.61. The second-order valence-corrected chi connectivity index (χ2v) is 5.16. The molecule has 1 aliphatic carbocycles. The predicted molar refractivity (Wildman–Crippen MR) is 69.8 cm³/mol. The van der Waals surface area contributed by atoms with E-state index in [1.54, 1.807) is 12.1 Å². The van der Waals surface area contributed by atoms with Gasteiger partial charge in [-0.25, -0.2) is 0 Å². The van der Waals surface area contributed by atoms with Crippen molar-refractivity contribution in [1.82, 2.24) is 4.90 Å². The predicted octanol–water partition coefficient (Wildman–Crippen LogP) is 2.10. The van der Waals surface area contributed by atoms with Gasteiger partial charge in [0.25, 0.3) is 0 Å². The largest absolute Gasteiger partial charge is 0.508 e. The van der Waals surface area contributed by atoms with Gasteiger partial charge in [0.15, 0.2) is 0 Å². The number of hydrogen-bond acceptors (Lipinski definition) is 3. The molecule has 1 saturated carbocycles. The van der Waals surface area contributed by atoms with Crippen LogP contribution in [0, 0.1) is 0 Å². The molecule has 0 unspecified atom stereocenters. The average Bonchev–Trinajstić information content (AvgIpc) is 2.82. The Hall–Kier alpha value is -1.06. The third-order valence-corrected chi connectivity index (χ3v) is 4.08. The van der Waals surface area contributed by atoms with Gasteiger partial charge in [0.05, 0.1) is 0 Å². The zero-order chi connectivity index (χ0) is 12.3. The van der Waals surface area contributed by atoms with E-state index >= 15 is 0 Å². The van der Waals surface area contributed by atoms with Crippen LogP contribution in [0.2, 0.25) is 0 Å². The van der Waals surface area contributed by atoms with Crippen LogP contribution in [0.5, 0.6) is 5.75 Å². The van der Waals surface area contributed by atoms with E-state index in [9.17, 15) is 5.11 Å². The number of rotatable bonds is 4. The SMILES string of the molecule is CN(Cc1ccc(O)cc1)C1(CN)CCCC1. The zero-order valence-corrected chi connectivity index (χ0v) is 10.5. The molecular weight excluding hydrogens is 212 g/mol. The van der Waals surface area contributed by atoms with Crippen LogP contribution in [-0.4, -0.2) is 29.1 Å². The van der Waals surface area contributed by atoms with Crippen molar-refractivity contribution in [3.8, 4) is 5.75 Å². The van der Waals surface area contributed by atoms with E-state index in [1.165, 1.54) is 31.2 Å². The number of benzene rings is 1. The maximum atomic E-state index is 9.27. The number of hydrogen-bond donors (Lipinski definition) is 2. The van der Waals surface area contributed by atoms with Crippen LogP contribution < -0.4 is 5.73 Å². The molecule has 0 aliphatic heterocycles. The van der Waals surface area contributed by atoms with Crippen LogP contribution in [-0.2, 0) is 6.54 Å². The fourth-order valence-corrected chi connectivity index (χ4v) is 2.82. The Labute approximate surface area is 103 Å². The van der Waals surface area contributed by atoms with Crippen molar-refractivity contribution in [3.05, 3.63) is 29.8 Å². The first-order valence-corrected chi connectivity index (χ1v) is 6.35. The highest BCUT2D eigenvalue weighted by atomic mass is 16.3. The Morgan fingerprint density at radius 2 is 1.82 bits per heavy atom. The normalized spacial score (nSPS) is 18.8. The number of aromatic hydroxyl groups is 1. The summed E-state index contributed by atoms with van der Waals surface area (Å²) in [7, 11) is 2.16. The van der Waals surface area contributed by atoms with Crippen molar-refractivity contribution in [2.45, 2.75) is 37.8 Å². The van der Waals surface area contributed by atoms with E-state index in [2.05, 4.69) is 11.9 Å². The summed E-state index contributed by atoms with van der Waals surface area (Å²) >= 11 is 0. The Kier molecular flexibility index (Phi) is 3.69. The molecule has 2 rings (SSSR count).